The number of halogens is 1. The van der Waals surface area contributed by atoms with Crippen LogP contribution in [0, 0.1) is 0 Å². The Bertz CT molecular complexity index is 1110. The standard InChI is InChI=1S/C24H26ClN3O2S/c1-14-13-24(2,3)28(4)19-12-20(30-5)15(9-18(14)19)10-21-22(29)27-23(31-21)26-17-8-6-7-16(25)11-17/h6-12,14H,13H2,1-5H3,(H,26,27,29)/b21-10+. The van der Waals surface area contributed by atoms with Gasteiger partial charge in [0.15, 0.2) is 5.17 Å². The Labute approximate surface area is 192 Å². The number of hydrogen-bond donors (Lipinski definition) is 1. The highest BCUT2D eigenvalue weighted by Gasteiger charge is 2.35. The summed E-state index contributed by atoms with van der Waals surface area (Å²) in [5.41, 5.74) is 4.11. The van der Waals surface area contributed by atoms with E-state index in [1.165, 1.54) is 23.0 Å². The number of methoxy groups -OCH3 is 1. The van der Waals surface area contributed by atoms with E-state index in [1.807, 2.05) is 18.2 Å². The molecule has 162 valence electrons. The normalized spacial score (nSPS) is 22.6. The zero-order valence-electron chi connectivity index (χ0n) is 18.3. The van der Waals surface area contributed by atoms with E-state index in [1.54, 1.807) is 19.2 Å². The van der Waals surface area contributed by atoms with Gasteiger partial charge in [0, 0.05) is 34.9 Å². The number of nitrogens with one attached hydrogen (secondary N) is 1. The van der Waals surface area contributed by atoms with Crippen molar-refractivity contribution in [2.45, 2.75) is 38.6 Å². The molecule has 1 amide bonds. The van der Waals surface area contributed by atoms with Crippen LogP contribution in [0.5, 0.6) is 5.75 Å². The number of benzene rings is 2. The molecule has 5 nitrogen and oxygen atoms in total. The van der Waals surface area contributed by atoms with Gasteiger partial charge >= 0.3 is 0 Å². The minimum Gasteiger partial charge on any atom is -0.496 e. The van der Waals surface area contributed by atoms with Crippen molar-refractivity contribution in [2.24, 2.45) is 4.99 Å². The quantitative estimate of drug-likeness (QED) is 0.580. The van der Waals surface area contributed by atoms with Gasteiger partial charge in [-0.1, -0.05) is 24.6 Å². The molecule has 2 aliphatic rings. The monoisotopic (exact) mass is 455 g/mol. The van der Waals surface area contributed by atoms with Crippen LogP contribution >= 0.6 is 23.4 Å². The van der Waals surface area contributed by atoms with E-state index < -0.39 is 0 Å². The molecule has 2 aliphatic heterocycles. The zero-order valence-corrected chi connectivity index (χ0v) is 19.9. The van der Waals surface area contributed by atoms with E-state index in [4.69, 9.17) is 16.3 Å². The third-order valence-corrected chi connectivity index (χ3v) is 7.11. The fourth-order valence-electron chi connectivity index (χ4n) is 4.19. The Morgan fingerprint density at radius 3 is 2.81 bits per heavy atom. The van der Waals surface area contributed by atoms with Crippen molar-refractivity contribution in [3.05, 3.63) is 57.5 Å². The van der Waals surface area contributed by atoms with Crippen LogP contribution in [-0.2, 0) is 4.79 Å². The summed E-state index contributed by atoms with van der Waals surface area (Å²) >= 11 is 7.35. The summed E-state index contributed by atoms with van der Waals surface area (Å²) in [5.74, 6) is 0.989. The molecular formula is C24H26ClN3O2S. The van der Waals surface area contributed by atoms with Crippen LogP contribution in [0.3, 0.4) is 0 Å². The van der Waals surface area contributed by atoms with Crippen LogP contribution in [0.4, 0.5) is 11.4 Å². The smallest absolute Gasteiger partial charge is 0.264 e. The fraction of sp³-hybridized carbons (Fsp3) is 0.333. The summed E-state index contributed by atoms with van der Waals surface area (Å²) < 4.78 is 5.69. The number of amidine groups is 1. The van der Waals surface area contributed by atoms with E-state index in [-0.39, 0.29) is 11.4 Å². The van der Waals surface area contributed by atoms with Gasteiger partial charge in [0.2, 0.25) is 0 Å². The van der Waals surface area contributed by atoms with E-state index in [2.05, 4.69) is 55.2 Å². The summed E-state index contributed by atoms with van der Waals surface area (Å²) in [6, 6.07) is 11.5. The molecule has 0 aromatic heterocycles. The number of ether oxygens (including phenoxy) is 1. The molecular weight excluding hydrogens is 430 g/mol. The summed E-state index contributed by atoms with van der Waals surface area (Å²) in [7, 11) is 3.79. The highest BCUT2D eigenvalue weighted by molar-refractivity contribution is 8.18. The number of amides is 1. The van der Waals surface area contributed by atoms with Crippen molar-refractivity contribution in [1.29, 1.82) is 0 Å². The Morgan fingerprint density at radius 1 is 1.32 bits per heavy atom. The highest BCUT2D eigenvalue weighted by Crippen LogP contribution is 2.45. The number of thioether (sulfide) groups is 1. The first kappa shape index (κ1) is 21.8. The second-order valence-corrected chi connectivity index (χ2v) is 10.1. The molecule has 1 unspecified atom stereocenters. The van der Waals surface area contributed by atoms with E-state index in [0.717, 1.165) is 17.7 Å². The molecule has 7 heteroatoms. The first-order chi connectivity index (χ1) is 14.7. The Kier molecular flexibility index (Phi) is 5.79. The Hall–Kier alpha value is -2.44. The van der Waals surface area contributed by atoms with E-state index in [0.29, 0.717) is 26.7 Å². The molecule has 0 bridgehead atoms. The summed E-state index contributed by atoms with van der Waals surface area (Å²) in [6.45, 7) is 6.77. The van der Waals surface area contributed by atoms with Crippen molar-refractivity contribution in [3.63, 3.8) is 0 Å². The lowest BCUT2D eigenvalue weighted by molar-refractivity contribution is -0.115. The molecule has 1 N–H and O–H groups in total. The van der Waals surface area contributed by atoms with Crippen molar-refractivity contribution in [2.75, 3.05) is 19.1 Å². The maximum Gasteiger partial charge on any atom is 0.264 e. The van der Waals surface area contributed by atoms with Gasteiger partial charge in [-0.3, -0.25) is 4.79 Å². The molecule has 0 aliphatic carbocycles. The minimum absolute atomic E-state index is 0.0737. The van der Waals surface area contributed by atoms with Crippen molar-refractivity contribution >= 4 is 51.9 Å². The van der Waals surface area contributed by atoms with Gasteiger partial charge in [-0.15, -0.1) is 0 Å². The largest absolute Gasteiger partial charge is 0.496 e. The lowest BCUT2D eigenvalue weighted by atomic mass is 9.80. The number of rotatable bonds is 3. The van der Waals surface area contributed by atoms with E-state index in [9.17, 15) is 4.79 Å². The maximum absolute atomic E-state index is 12.6. The first-order valence-electron chi connectivity index (χ1n) is 10.2. The first-order valence-corrected chi connectivity index (χ1v) is 11.4. The van der Waals surface area contributed by atoms with Gasteiger partial charge in [-0.25, -0.2) is 4.99 Å². The lowest BCUT2D eigenvalue weighted by Crippen LogP contribution is -2.45. The summed E-state index contributed by atoms with van der Waals surface area (Å²) in [6.07, 6.45) is 2.94. The predicted molar refractivity (Wildman–Crippen MR) is 131 cm³/mol. The lowest BCUT2D eigenvalue weighted by Gasteiger charge is -2.45. The molecule has 31 heavy (non-hydrogen) atoms. The predicted octanol–water partition coefficient (Wildman–Crippen LogP) is 5.96. The maximum atomic E-state index is 12.6. The topological polar surface area (TPSA) is 53.9 Å². The van der Waals surface area contributed by atoms with Crippen LogP contribution in [0.2, 0.25) is 5.02 Å². The zero-order chi connectivity index (χ0) is 22.3. The molecule has 2 heterocycles. The highest BCUT2D eigenvalue weighted by atomic mass is 35.5. The minimum atomic E-state index is -0.170. The molecule has 0 radical (unpaired) electrons. The number of anilines is 1. The van der Waals surface area contributed by atoms with Crippen LogP contribution in [0.1, 0.15) is 44.2 Å². The number of hydrogen-bond acceptors (Lipinski definition) is 5. The van der Waals surface area contributed by atoms with Crippen LogP contribution < -0.4 is 15.0 Å². The third-order valence-electron chi connectivity index (χ3n) is 5.96. The second kappa shape index (κ2) is 8.24. The fourth-order valence-corrected chi connectivity index (χ4v) is 5.20. The van der Waals surface area contributed by atoms with E-state index >= 15 is 0 Å². The molecule has 2 aromatic rings. The van der Waals surface area contributed by atoms with Crippen LogP contribution in [0.25, 0.3) is 6.08 Å². The average molecular weight is 456 g/mol. The van der Waals surface area contributed by atoms with Gasteiger partial charge < -0.3 is 15.0 Å². The van der Waals surface area contributed by atoms with Gasteiger partial charge in [0.1, 0.15) is 5.75 Å². The Balaban J connectivity index is 1.69. The molecule has 0 saturated carbocycles. The number of carbonyl (C=O) groups excluding carboxylic acids is 1. The van der Waals surface area contributed by atoms with Crippen molar-refractivity contribution < 1.29 is 9.53 Å². The number of fused-ring (bicyclic) bond motifs is 1. The molecule has 1 fully saturated rings. The molecule has 0 spiro atoms. The molecule has 1 saturated heterocycles. The van der Waals surface area contributed by atoms with Gasteiger partial charge in [-0.2, -0.15) is 0 Å². The average Bonchev–Trinajstić information content (AvgIpc) is 3.04. The summed E-state index contributed by atoms with van der Waals surface area (Å²) in [5, 5.41) is 3.97. The molecule has 2 aromatic carbocycles. The van der Waals surface area contributed by atoms with Crippen molar-refractivity contribution in [1.82, 2.24) is 5.32 Å². The van der Waals surface area contributed by atoms with Gasteiger partial charge in [0.05, 0.1) is 17.7 Å². The number of nitrogens with zero attached hydrogens (tertiary/aromatic N) is 2. The van der Waals surface area contributed by atoms with Crippen LogP contribution in [-0.4, -0.2) is 30.8 Å². The molecule has 1 atom stereocenters. The Morgan fingerprint density at radius 2 is 2.10 bits per heavy atom. The van der Waals surface area contributed by atoms with Crippen LogP contribution in [0.15, 0.2) is 46.3 Å². The van der Waals surface area contributed by atoms with Gasteiger partial charge in [0.25, 0.3) is 5.91 Å². The van der Waals surface area contributed by atoms with Crippen molar-refractivity contribution in [3.8, 4) is 5.75 Å². The SMILES string of the molecule is COc1cc2c(cc1/C=C1/SC(=Nc3cccc(Cl)c3)NC1=O)C(C)CC(C)(C)N2C. The molecule has 4 rings (SSSR count). The van der Waals surface area contributed by atoms with Gasteiger partial charge in [-0.05, 0) is 73.9 Å². The number of aliphatic imine (C=N–C) groups is 1. The third kappa shape index (κ3) is 4.32. The number of carbonyl (C=O) groups is 1. The second-order valence-electron chi connectivity index (χ2n) is 8.59. The summed E-state index contributed by atoms with van der Waals surface area (Å²) in [4.78, 5) is 20.0.